The smallest absolute Gasteiger partial charge is 0.244 e. The fourth-order valence-corrected chi connectivity index (χ4v) is 3.47. The Hall–Kier alpha value is -2.80. The van der Waals surface area contributed by atoms with Crippen molar-refractivity contribution in [1.29, 1.82) is 0 Å². The molecule has 1 saturated carbocycles. The number of rotatable bonds is 6. The molecule has 0 bridgehead atoms. The number of hydrogen-bond acceptors (Lipinski definition) is 3. The van der Waals surface area contributed by atoms with Gasteiger partial charge in [-0.1, -0.05) is 30.3 Å². The molecular weight excluding hydrogens is 364 g/mol. The van der Waals surface area contributed by atoms with Crippen molar-refractivity contribution in [1.82, 2.24) is 4.90 Å². The van der Waals surface area contributed by atoms with E-state index in [1.807, 2.05) is 0 Å². The van der Waals surface area contributed by atoms with E-state index in [1.54, 1.807) is 24.3 Å². The van der Waals surface area contributed by atoms with Crippen molar-refractivity contribution in [2.24, 2.45) is 11.7 Å². The highest BCUT2D eigenvalue weighted by molar-refractivity contribution is 5.95. The molecule has 1 aliphatic rings. The zero-order chi connectivity index (χ0) is 20.1. The van der Waals surface area contributed by atoms with Crippen molar-refractivity contribution in [2.75, 3.05) is 11.9 Å². The maximum Gasteiger partial charge on any atom is 0.244 e. The van der Waals surface area contributed by atoms with Gasteiger partial charge in [-0.3, -0.25) is 9.59 Å². The molecule has 0 spiro atoms. The molecule has 0 aromatic heterocycles. The van der Waals surface area contributed by atoms with Crippen LogP contribution in [0.1, 0.15) is 24.8 Å². The molecule has 7 heteroatoms. The lowest BCUT2D eigenvalue weighted by atomic mass is 10.1. The van der Waals surface area contributed by atoms with Crippen LogP contribution in [0.25, 0.3) is 0 Å². The number of nitrogens with two attached hydrogens (primary N) is 1. The number of carbonyl (C=O) groups excluding carboxylic acids is 2. The second-order valence-electron chi connectivity index (χ2n) is 7.08. The number of amides is 2. The summed E-state index contributed by atoms with van der Waals surface area (Å²) in [7, 11) is 0. The largest absolute Gasteiger partial charge is 0.329 e. The molecule has 0 heterocycles. The minimum absolute atomic E-state index is 0.0358. The summed E-state index contributed by atoms with van der Waals surface area (Å²) >= 11 is 0. The fraction of sp³-hybridized carbons (Fsp3) is 0.333. The normalized spacial score (nSPS) is 18.7. The number of para-hydroxylation sites is 1. The number of nitrogens with zero attached hydrogens (tertiary/aromatic N) is 1. The molecule has 0 radical (unpaired) electrons. The van der Waals surface area contributed by atoms with Crippen molar-refractivity contribution >= 4 is 17.5 Å². The first kappa shape index (κ1) is 19.9. The SMILES string of the molecule is NC1CCC(C(=O)N(CC(=O)Nc2ccccc2F)Cc2ccccc2F)C1. The monoisotopic (exact) mass is 387 g/mol. The molecule has 3 N–H and O–H groups in total. The van der Waals surface area contributed by atoms with Gasteiger partial charge in [0, 0.05) is 24.1 Å². The van der Waals surface area contributed by atoms with Crippen LogP contribution in [0.3, 0.4) is 0 Å². The average Bonchev–Trinajstić information content (AvgIpc) is 3.10. The van der Waals surface area contributed by atoms with Crippen molar-refractivity contribution in [3.8, 4) is 0 Å². The van der Waals surface area contributed by atoms with Gasteiger partial charge in [-0.05, 0) is 37.5 Å². The third-order valence-electron chi connectivity index (χ3n) is 4.94. The number of carbonyl (C=O) groups is 2. The van der Waals surface area contributed by atoms with Gasteiger partial charge in [0.2, 0.25) is 11.8 Å². The van der Waals surface area contributed by atoms with Crippen LogP contribution in [0.4, 0.5) is 14.5 Å². The maximum absolute atomic E-state index is 14.1. The minimum atomic E-state index is -0.565. The molecule has 28 heavy (non-hydrogen) atoms. The van der Waals surface area contributed by atoms with Gasteiger partial charge in [-0.15, -0.1) is 0 Å². The zero-order valence-corrected chi connectivity index (χ0v) is 15.4. The van der Waals surface area contributed by atoms with E-state index in [-0.39, 0.29) is 36.6 Å². The standard InChI is InChI=1S/C21H23F2N3O2/c22-17-6-2-1-5-15(17)12-26(21(28)14-9-10-16(24)11-14)13-20(27)25-19-8-4-3-7-18(19)23/h1-8,14,16H,9-13,24H2,(H,25,27). The Morgan fingerprint density at radius 3 is 2.36 bits per heavy atom. The highest BCUT2D eigenvalue weighted by atomic mass is 19.1. The van der Waals surface area contributed by atoms with Crippen molar-refractivity contribution < 1.29 is 18.4 Å². The molecule has 2 aromatic rings. The third-order valence-corrected chi connectivity index (χ3v) is 4.94. The van der Waals surface area contributed by atoms with Crippen LogP contribution in [0.15, 0.2) is 48.5 Å². The Balaban J connectivity index is 1.75. The van der Waals surface area contributed by atoms with E-state index in [1.165, 1.54) is 29.2 Å². The van der Waals surface area contributed by atoms with Crippen LogP contribution in [-0.2, 0) is 16.1 Å². The number of hydrogen-bond donors (Lipinski definition) is 2. The summed E-state index contributed by atoms with van der Waals surface area (Å²) in [6, 6.07) is 11.9. The minimum Gasteiger partial charge on any atom is -0.329 e. The number of anilines is 1. The van der Waals surface area contributed by atoms with Crippen LogP contribution in [0.2, 0.25) is 0 Å². The number of benzene rings is 2. The summed E-state index contributed by atoms with van der Waals surface area (Å²) in [5.74, 6) is -2.08. The lowest BCUT2D eigenvalue weighted by Gasteiger charge is -2.25. The highest BCUT2D eigenvalue weighted by Gasteiger charge is 2.32. The van der Waals surface area contributed by atoms with Crippen LogP contribution < -0.4 is 11.1 Å². The summed E-state index contributed by atoms with van der Waals surface area (Å²) in [5, 5.41) is 2.47. The molecule has 0 saturated heterocycles. The van der Waals surface area contributed by atoms with Gasteiger partial charge in [0.25, 0.3) is 0 Å². The van der Waals surface area contributed by atoms with Crippen LogP contribution in [0, 0.1) is 17.6 Å². The molecule has 2 atom stereocenters. The maximum atomic E-state index is 14.1. The lowest BCUT2D eigenvalue weighted by Crippen LogP contribution is -2.41. The van der Waals surface area contributed by atoms with E-state index in [2.05, 4.69) is 5.32 Å². The van der Waals surface area contributed by atoms with Gasteiger partial charge in [-0.2, -0.15) is 0 Å². The van der Waals surface area contributed by atoms with E-state index in [4.69, 9.17) is 5.73 Å². The molecule has 2 amide bonds. The van der Waals surface area contributed by atoms with E-state index >= 15 is 0 Å². The van der Waals surface area contributed by atoms with Crippen LogP contribution >= 0.6 is 0 Å². The Bertz CT molecular complexity index is 859. The summed E-state index contributed by atoms with van der Waals surface area (Å²) < 4.78 is 27.9. The predicted octanol–water partition coefficient (Wildman–Crippen LogP) is 3.06. The second-order valence-corrected chi connectivity index (χ2v) is 7.08. The van der Waals surface area contributed by atoms with E-state index in [9.17, 15) is 18.4 Å². The molecular formula is C21H23F2N3O2. The van der Waals surface area contributed by atoms with Gasteiger partial charge in [0.15, 0.2) is 0 Å². The molecule has 2 unspecified atom stereocenters. The number of nitrogens with one attached hydrogen (secondary N) is 1. The lowest BCUT2D eigenvalue weighted by molar-refractivity contribution is -0.138. The quantitative estimate of drug-likeness (QED) is 0.800. The topological polar surface area (TPSA) is 75.4 Å². The van der Waals surface area contributed by atoms with E-state index < -0.39 is 17.5 Å². The summed E-state index contributed by atoms with van der Waals surface area (Å²) in [6.07, 6.45) is 1.93. The molecule has 1 fully saturated rings. The summed E-state index contributed by atoms with van der Waals surface area (Å²) in [6.45, 7) is -0.338. The van der Waals surface area contributed by atoms with Gasteiger partial charge >= 0.3 is 0 Å². The van der Waals surface area contributed by atoms with Crippen molar-refractivity contribution in [3.05, 3.63) is 65.7 Å². The highest BCUT2D eigenvalue weighted by Crippen LogP contribution is 2.27. The summed E-state index contributed by atoms with van der Waals surface area (Å²) in [4.78, 5) is 26.7. The molecule has 3 rings (SSSR count). The molecule has 1 aliphatic carbocycles. The molecule has 2 aromatic carbocycles. The van der Waals surface area contributed by atoms with Crippen LogP contribution in [0.5, 0.6) is 0 Å². The second kappa shape index (κ2) is 8.93. The Kier molecular flexibility index (Phi) is 6.36. The van der Waals surface area contributed by atoms with Gasteiger partial charge in [0.1, 0.15) is 18.2 Å². The first-order chi connectivity index (χ1) is 13.4. The van der Waals surface area contributed by atoms with E-state index in [0.29, 0.717) is 18.4 Å². The molecule has 0 aliphatic heterocycles. The predicted molar refractivity (Wildman–Crippen MR) is 102 cm³/mol. The van der Waals surface area contributed by atoms with Gasteiger partial charge in [-0.25, -0.2) is 8.78 Å². The average molecular weight is 387 g/mol. The Morgan fingerprint density at radius 1 is 1.04 bits per heavy atom. The van der Waals surface area contributed by atoms with Gasteiger partial charge in [0.05, 0.1) is 5.69 Å². The van der Waals surface area contributed by atoms with Crippen molar-refractivity contribution in [2.45, 2.75) is 31.8 Å². The Morgan fingerprint density at radius 2 is 1.71 bits per heavy atom. The number of halogens is 2. The zero-order valence-electron chi connectivity index (χ0n) is 15.4. The fourth-order valence-electron chi connectivity index (χ4n) is 3.47. The van der Waals surface area contributed by atoms with Crippen molar-refractivity contribution in [3.63, 3.8) is 0 Å². The first-order valence-corrected chi connectivity index (χ1v) is 9.26. The molecule has 148 valence electrons. The summed E-state index contributed by atoms with van der Waals surface area (Å²) in [5.41, 5.74) is 6.26. The van der Waals surface area contributed by atoms with Gasteiger partial charge < -0.3 is 16.0 Å². The molecule has 5 nitrogen and oxygen atoms in total. The Labute approximate surface area is 162 Å². The van der Waals surface area contributed by atoms with E-state index in [0.717, 1.165) is 6.42 Å². The third kappa shape index (κ3) is 4.92. The van der Waals surface area contributed by atoms with Crippen LogP contribution in [-0.4, -0.2) is 29.3 Å². The first-order valence-electron chi connectivity index (χ1n) is 9.26.